The lowest BCUT2D eigenvalue weighted by molar-refractivity contribution is -0.901. The summed E-state index contributed by atoms with van der Waals surface area (Å²) in [6.45, 7) is 4.20. The van der Waals surface area contributed by atoms with Crippen molar-refractivity contribution in [1.82, 2.24) is 25.5 Å². The molecule has 0 radical (unpaired) electrons. The molecule has 7 rings (SSSR count). The van der Waals surface area contributed by atoms with Crippen LogP contribution in [0.4, 0.5) is 10.5 Å². The van der Waals surface area contributed by atoms with Gasteiger partial charge in [-0.1, -0.05) is 36.4 Å². The number of para-hydroxylation sites is 1. The van der Waals surface area contributed by atoms with Crippen LogP contribution in [0.3, 0.4) is 0 Å². The molecule has 1 aromatic heterocycles. The first kappa shape index (κ1) is 26.6. The highest BCUT2D eigenvalue weighted by molar-refractivity contribution is 5.89. The quantitative estimate of drug-likeness (QED) is 0.299. The van der Waals surface area contributed by atoms with Crippen LogP contribution in [-0.2, 0) is 16.0 Å². The second-order valence-electron chi connectivity index (χ2n) is 11.1. The highest BCUT2D eigenvalue weighted by atomic mass is 16.6. The summed E-state index contributed by atoms with van der Waals surface area (Å²) < 4.78 is 19.9. The van der Waals surface area contributed by atoms with E-state index in [4.69, 9.17) is 14.2 Å². The van der Waals surface area contributed by atoms with Crippen LogP contribution >= 0.6 is 0 Å². The third-order valence-corrected chi connectivity index (χ3v) is 8.19. The number of ether oxygens (including phenoxy) is 3. The standard InChI is InChI=1S/C31H33N7O4/c39-31(32-23-11-13-25(14-12-23)42-24-9-2-1-3-10-24)33-26-19-40-29-27(20-41-28(26)29)38-30(34-35-36-38)22-8-6-7-21(17-22)18-37-15-4-5-16-37/h1-3,6-14,17,26-29H,4-5,15-16,18-20H2,(H2,32,33,39)/p+1/t26-,27-,28+,29+/m0/s1. The fourth-order valence-electron chi connectivity index (χ4n) is 6.15. The van der Waals surface area contributed by atoms with E-state index in [0.717, 1.165) is 17.9 Å². The van der Waals surface area contributed by atoms with E-state index in [2.05, 4.69) is 44.4 Å². The second-order valence-corrected chi connectivity index (χ2v) is 11.1. The van der Waals surface area contributed by atoms with E-state index in [1.807, 2.05) is 53.2 Å². The lowest BCUT2D eigenvalue weighted by Crippen LogP contribution is -3.08. The molecule has 42 heavy (non-hydrogen) atoms. The number of tetrazole rings is 1. The first-order valence-corrected chi connectivity index (χ1v) is 14.5. The van der Waals surface area contributed by atoms with E-state index >= 15 is 0 Å². The summed E-state index contributed by atoms with van der Waals surface area (Å²) in [5, 5.41) is 18.6. The maximum Gasteiger partial charge on any atom is 0.319 e. The van der Waals surface area contributed by atoms with Crippen LogP contribution in [0.15, 0.2) is 78.9 Å². The molecular weight excluding hydrogens is 534 g/mol. The number of rotatable bonds is 8. The Bertz CT molecular complexity index is 1510. The van der Waals surface area contributed by atoms with Crippen molar-refractivity contribution in [1.29, 1.82) is 0 Å². The van der Waals surface area contributed by atoms with Gasteiger partial charge in [-0.2, -0.15) is 0 Å². The lowest BCUT2D eigenvalue weighted by atomic mass is 10.1. The number of nitrogens with one attached hydrogen (secondary N) is 3. The molecule has 3 aromatic carbocycles. The molecule has 4 heterocycles. The SMILES string of the molecule is O=C(Nc1ccc(Oc2ccccc2)cc1)N[C@H]1CO[C@H]2[C@@H]1OC[C@@H]2n1nnnc1-c1cccc(C[NH+]2CCCC2)c1. The molecular formula is C31H34N7O4+. The van der Waals surface area contributed by atoms with Gasteiger partial charge in [-0.25, -0.2) is 9.48 Å². The van der Waals surface area contributed by atoms with Gasteiger partial charge >= 0.3 is 6.03 Å². The molecule has 3 fully saturated rings. The molecule has 11 heteroatoms. The minimum Gasteiger partial charge on any atom is -0.457 e. The van der Waals surface area contributed by atoms with Crippen molar-refractivity contribution in [3.8, 4) is 22.9 Å². The highest BCUT2D eigenvalue weighted by Crippen LogP contribution is 2.36. The molecule has 0 bridgehead atoms. The Morgan fingerprint density at radius 1 is 0.929 bits per heavy atom. The number of amides is 2. The maximum absolute atomic E-state index is 12.8. The van der Waals surface area contributed by atoms with Crippen LogP contribution < -0.4 is 20.3 Å². The number of benzene rings is 3. The van der Waals surface area contributed by atoms with Crippen molar-refractivity contribution in [2.45, 2.75) is 43.7 Å². The van der Waals surface area contributed by atoms with Gasteiger partial charge in [0, 0.05) is 29.7 Å². The molecule has 3 aliphatic heterocycles. The molecule has 0 aliphatic carbocycles. The number of urea groups is 1. The number of quaternary nitrogens is 1. The Morgan fingerprint density at radius 3 is 2.55 bits per heavy atom. The number of hydrogen-bond donors (Lipinski definition) is 3. The van der Waals surface area contributed by atoms with Gasteiger partial charge in [0.25, 0.3) is 0 Å². The molecule has 4 aromatic rings. The van der Waals surface area contributed by atoms with E-state index in [1.54, 1.807) is 17.0 Å². The average molecular weight is 569 g/mol. The first-order valence-electron chi connectivity index (χ1n) is 14.5. The zero-order valence-electron chi connectivity index (χ0n) is 23.2. The molecule has 3 aliphatic rings. The number of nitrogens with zero attached hydrogens (tertiary/aromatic N) is 4. The van der Waals surface area contributed by atoms with Crippen LogP contribution in [0, 0.1) is 0 Å². The van der Waals surface area contributed by atoms with E-state index < -0.39 is 0 Å². The molecule has 0 unspecified atom stereocenters. The minimum atomic E-state index is -0.326. The van der Waals surface area contributed by atoms with Gasteiger partial charge in [0.15, 0.2) is 5.82 Å². The van der Waals surface area contributed by atoms with Crippen molar-refractivity contribution in [3.63, 3.8) is 0 Å². The third-order valence-electron chi connectivity index (χ3n) is 8.19. The highest BCUT2D eigenvalue weighted by Gasteiger charge is 2.50. The molecule has 4 atom stereocenters. The summed E-state index contributed by atoms with van der Waals surface area (Å²) in [4.78, 5) is 14.5. The van der Waals surface area contributed by atoms with Crippen molar-refractivity contribution in [2.75, 3.05) is 31.6 Å². The molecule has 0 spiro atoms. The van der Waals surface area contributed by atoms with Gasteiger partial charge in [-0.3, -0.25) is 0 Å². The Morgan fingerprint density at radius 2 is 1.71 bits per heavy atom. The van der Waals surface area contributed by atoms with E-state index in [-0.39, 0.29) is 30.3 Å². The lowest BCUT2D eigenvalue weighted by Gasteiger charge is -2.18. The summed E-state index contributed by atoms with van der Waals surface area (Å²) in [7, 11) is 0. The van der Waals surface area contributed by atoms with Crippen LogP contribution in [0.1, 0.15) is 24.4 Å². The summed E-state index contributed by atoms with van der Waals surface area (Å²) >= 11 is 0. The predicted octanol–water partition coefficient (Wildman–Crippen LogP) is 2.84. The topological polar surface area (TPSA) is 117 Å². The Kier molecular flexibility index (Phi) is 7.52. The number of anilines is 1. The monoisotopic (exact) mass is 568 g/mol. The van der Waals surface area contributed by atoms with Gasteiger partial charge in [0.05, 0.1) is 32.3 Å². The fraction of sp³-hybridized carbons (Fsp3) is 0.355. The van der Waals surface area contributed by atoms with Crippen LogP contribution in [0.2, 0.25) is 0 Å². The molecule has 11 nitrogen and oxygen atoms in total. The molecule has 2 amide bonds. The second kappa shape index (κ2) is 11.9. The van der Waals surface area contributed by atoms with Gasteiger partial charge in [-0.15, -0.1) is 5.10 Å². The zero-order chi connectivity index (χ0) is 28.3. The minimum absolute atomic E-state index is 0.195. The number of fused-ring (bicyclic) bond motifs is 1. The van der Waals surface area contributed by atoms with Crippen molar-refractivity contribution >= 4 is 11.7 Å². The van der Waals surface area contributed by atoms with Gasteiger partial charge < -0.3 is 29.7 Å². The summed E-state index contributed by atoms with van der Waals surface area (Å²) in [5.74, 6) is 2.13. The van der Waals surface area contributed by atoms with Crippen LogP contribution in [0.5, 0.6) is 11.5 Å². The number of aromatic nitrogens is 4. The smallest absolute Gasteiger partial charge is 0.319 e. The maximum atomic E-state index is 12.8. The normalized spacial score (nSPS) is 23.5. The predicted molar refractivity (Wildman–Crippen MR) is 154 cm³/mol. The van der Waals surface area contributed by atoms with Gasteiger partial charge in [-0.05, 0) is 52.9 Å². The van der Waals surface area contributed by atoms with E-state index in [0.29, 0.717) is 30.5 Å². The van der Waals surface area contributed by atoms with Crippen molar-refractivity contribution in [2.24, 2.45) is 0 Å². The fourth-order valence-corrected chi connectivity index (χ4v) is 6.15. The molecule has 3 saturated heterocycles. The summed E-state index contributed by atoms with van der Waals surface area (Å²) in [6.07, 6.45) is 2.02. The van der Waals surface area contributed by atoms with E-state index in [1.165, 1.54) is 31.5 Å². The van der Waals surface area contributed by atoms with Crippen molar-refractivity contribution in [3.05, 3.63) is 84.4 Å². The number of hydrogen-bond acceptors (Lipinski definition) is 7. The molecule has 216 valence electrons. The average Bonchev–Trinajstić information content (AvgIpc) is 3.82. The zero-order valence-corrected chi connectivity index (χ0v) is 23.2. The van der Waals surface area contributed by atoms with Crippen LogP contribution in [-0.4, -0.2) is 70.8 Å². The van der Waals surface area contributed by atoms with Gasteiger partial charge in [0.1, 0.15) is 36.3 Å². The largest absolute Gasteiger partial charge is 0.457 e. The number of likely N-dealkylation sites (tertiary alicyclic amines) is 1. The summed E-state index contributed by atoms with van der Waals surface area (Å²) in [5.41, 5.74) is 2.91. The summed E-state index contributed by atoms with van der Waals surface area (Å²) in [6, 6.07) is 24.4. The molecule has 0 saturated carbocycles. The number of carbonyl (C=O) groups excluding carboxylic acids is 1. The van der Waals surface area contributed by atoms with E-state index in [9.17, 15) is 4.79 Å². The third kappa shape index (κ3) is 5.71. The van der Waals surface area contributed by atoms with Crippen molar-refractivity contribution < 1.29 is 23.9 Å². The van der Waals surface area contributed by atoms with Gasteiger partial charge in [0.2, 0.25) is 0 Å². The Labute approximate surface area is 243 Å². The Hall–Kier alpha value is -4.32. The Balaban J connectivity index is 0.966. The van der Waals surface area contributed by atoms with Crippen LogP contribution in [0.25, 0.3) is 11.4 Å². The number of carbonyl (C=O) groups is 1. The first-order chi connectivity index (χ1) is 20.7. The molecule has 3 N–H and O–H groups in total.